The van der Waals surface area contributed by atoms with Crippen molar-refractivity contribution in [3.05, 3.63) is 0 Å². The summed E-state index contributed by atoms with van der Waals surface area (Å²) in [6.45, 7) is 0. The minimum Gasteiger partial charge on any atom is -0.317 e. The number of fused-ring (bicyclic) bond motifs is 2. The van der Waals surface area contributed by atoms with Crippen LogP contribution in [0.25, 0.3) is 0 Å². The van der Waals surface area contributed by atoms with Crippen LogP contribution in [-0.2, 0) is 0 Å². The maximum atomic E-state index is 3.40. The monoisotopic (exact) mass is 125 g/mol. The molecule has 1 nitrogen and oxygen atoms in total. The van der Waals surface area contributed by atoms with Gasteiger partial charge in [0.1, 0.15) is 0 Å². The molecule has 2 bridgehead atoms. The zero-order valence-electron chi connectivity index (χ0n) is 6.06. The zero-order chi connectivity index (χ0) is 6.27. The Labute approximate surface area is 56.8 Å². The van der Waals surface area contributed by atoms with E-state index in [9.17, 15) is 0 Å². The van der Waals surface area contributed by atoms with Crippen molar-refractivity contribution in [3.63, 3.8) is 0 Å². The van der Waals surface area contributed by atoms with Gasteiger partial charge in [0.2, 0.25) is 0 Å². The summed E-state index contributed by atoms with van der Waals surface area (Å²) in [6.07, 6.45) is 5.99. The van der Waals surface area contributed by atoms with Crippen molar-refractivity contribution in [2.24, 2.45) is 11.8 Å². The van der Waals surface area contributed by atoms with Gasteiger partial charge in [-0.2, -0.15) is 0 Å². The van der Waals surface area contributed by atoms with Crippen LogP contribution in [0.4, 0.5) is 0 Å². The average Bonchev–Trinajstić information content (AvgIpc) is 2.45. The molecule has 1 N–H and O–H groups in total. The number of nitrogens with one attached hydrogen (secondary N) is 1. The molecule has 0 aromatic carbocycles. The Balaban J connectivity index is 2.01. The van der Waals surface area contributed by atoms with Crippen molar-refractivity contribution < 1.29 is 0 Å². The van der Waals surface area contributed by atoms with E-state index in [0.29, 0.717) is 0 Å². The fourth-order valence-corrected chi connectivity index (χ4v) is 2.60. The number of hydrogen-bond acceptors (Lipinski definition) is 1. The molecule has 1 heteroatoms. The standard InChI is InChI=1S/C8H15N/c1-9-8-5-6-2-3-7(8)4-6/h6-9H,2-5H2,1H3/t6-,7+,8+/m1/s1. The van der Waals surface area contributed by atoms with E-state index in [1.807, 2.05) is 0 Å². The van der Waals surface area contributed by atoms with Gasteiger partial charge in [-0.15, -0.1) is 0 Å². The smallest absolute Gasteiger partial charge is 0.00950 e. The zero-order valence-corrected chi connectivity index (χ0v) is 6.06. The molecule has 3 atom stereocenters. The van der Waals surface area contributed by atoms with Crippen LogP contribution in [0, 0.1) is 11.8 Å². The minimum atomic E-state index is 0.878. The highest BCUT2D eigenvalue weighted by atomic mass is 14.9. The Kier molecular flexibility index (Phi) is 1.26. The summed E-state index contributed by atoms with van der Waals surface area (Å²) in [5.74, 6) is 2.13. The quantitative estimate of drug-likeness (QED) is 0.558. The second-order valence-electron chi connectivity index (χ2n) is 3.57. The first-order valence-electron chi connectivity index (χ1n) is 4.07. The summed E-state index contributed by atoms with van der Waals surface area (Å²) < 4.78 is 0. The molecule has 0 unspecified atom stereocenters. The highest BCUT2D eigenvalue weighted by Crippen LogP contribution is 2.44. The van der Waals surface area contributed by atoms with E-state index in [1.54, 1.807) is 0 Å². The maximum absolute atomic E-state index is 3.40. The fraction of sp³-hybridized carbons (Fsp3) is 1.00. The van der Waals surface area contributed by atoms with Crippen LogP contribution in [0.5, 0.6) is 0 Å². The molecule has 0 aliphatic heterocycles. The van der Waals surface area contributed by atoms with Crippen LogP contribution in [0.2, 0.25) is 0 Å². The highest BCUT2D eigenvalue weighted by molar-refractivity contribution is 4.93. The molecular formula is C8H15N. The van der Waals surface area contributed by atoms with Gasteiger partial charge >= 0.3 is 0 Å². The molecule has 2 saturated carbocycles. The average molecular weight is 125 g/mol. The largest absolute Gasteiger partial charge is 0.317 e. The summed E-state index contributed by atoms with van der Waals surface area (Å²) in [7, 11) is 2.10. The lowest BCUT2D eigenvalue weighted by Gasteiger charge is -2.20. The highest BCUT2D eigenvalue weighted by Gasteiger charge is 2.38. The predicted molar refractivity (Wildman–Crippen MR) is 38.3 cm³/mol. The molecule has 0 spiro atoms. The van der Waals surface area contributed by atoms with Gasteiger partial charge in [0.25, 0.3) is 0 Å². The van der Waals surface area contributed by atoms with Gasteiger partial charge in [-0.05, 0) is 38.1 Å². The first-order chi connectivity index (χ1) is 4.40. The third-order valence-electron chi connectivity index (χ3n) is 3.11. The summed E-state index contributed by atoms with van der Waals surface area (Å²) in [6, 6.07) is 0.878. The Morgan fingerprint density at radius 1 is 1.22 bits per heavy atom. The van der Waals surface area contributed by atoms with E-state index < -0.39 is 0 Å². The molecular weight excluding hydrogens is 110 g/mol. The van der Waals surface area contributed by atoms with E-state index in [4.69, 9.17) is 0 Å². The molecule has 0 heterocycles. The first kappa shape index (κ1) is 5.72. The second-order valence-corrected chi connectivity index (χ2v) is 3.57. The van der Waals surface area contributed by atoms with Crippen LogP contribution in [0.1, 0.15) is 25.7 Å². The maximum Gasteiger partial charge on any atom is 0.00950 e. The van der Waals surface area contributed by atoms with Crippen molar-refractivity contribution in [1.29, 1.82) is 0 Å². The SMILES string of the molecule is CN[C@H]1C[C@@H]2CC[C@H]1C2. The van der Waals surface area contributed by atoms with Gasteiger partial charge in [-0.25, -0.2) is 0 Å². The Morgan fingerprint density at radius 3 is 2.44 bits per heavy atom. The summed E-state index contributed by atoms with van der Waals surface area (Å²) >= 11 is 0. The van der Waals surface area contributed by atoms with Gasteiger partial charge in [0, 0.05) is 6.04 Å². The third kappa shape index (κ3) is 0.787. The Hall–Kier alpha value is -0.0400. The third-order valence-corrected chi connectivity index (χ3v) is 3.11. The first-order valence-corrected chi connectivity index (χ1v) is 4.07. The molecule has 2 aliphatic carbocycles. The molecule has 0 amide bonds. The molecule has 0 aromatic heterocycles. The summed E-state index contributed by atoms with van der Waals surface area (Å²) in [5.41, 5.74) is 0. The van der Waals surface area contributed by atoms with Gasteiger partial charge in [0.15, 0.2) is 0 Å². The van der Waals surface area contributed by atoms with Crippen molar-refractivity contribution in [2.75, 3.05) is 7.05 Å². The van der Waals surface area contributed by atoms with Crippen LogP contribution < -0.4 is 5.32 Å². The Morgan fingerprint density at radius 2 is 2.11 bits per heavy atom. The molecule has 2 rings (SSSR count). The summed E-state index contributed by atoms with van der Waals surface area (Å²) in [5, 5.41) is 3.40. The molecule has 2 fully saturated rings. The van der Waals surface area contributed by atoms with Gasteiger partial charge in [0.05, 0.1) is 0 Å². The molecule has 2 aliphatic rings. The normalized spacial score (nSPS) is 48.3. The van der Waals surface area contributed by atoms with E-state index in [1.165, 1.54) is 25.7 Å². The van der Waals surface area contributed by atoms with Gasteiger partial charge in [-0.1, -0.05) is 6.42 Å². The van der Waals surface area contributed by atoms with E-state index in [2.05, 4.69) is 12.4 Å². The minimum absolute atomic E-state index is 0.878. The van der Waals surface area contributed by atoms with Crippen LogP contribution in [0.15, 0.2) is 0 Å². The van der Waals surface area contributed by atoms with Crippen molar-refractivity contribution in [1.82, 2.24) is 5.32 Å². The molecule has 0 aromatic rings. The van der Waals surface area contributed by atoms with Crippen molar-refractivity contribution >= 4 is 0 Å². The van der Waals surface area contributed by atoms with Gasteiger partial charge < -0.3 is 5.32 Å². The van der Waals surface area contributed by atoms with Crippen molar-refractivity contribution in [3.8, 4) is 0 Å². The van der Waals surface area contributed by atoms with E-state index >= 15 is 0 Å². The lowest BCUT2D eigenvalue weighted by atomic mass is 9.96. The van der Waals surface area contributed by atoms with E-state index in [-0.39, 0.29) is 0 Å². The predicted octanol–water partition coefficient (Wildman–Crippen LogP) is 1.39. The molecule has 0 radical (unpaired) electrons. The van der Waals surface area contributed by atoms with Crippen LogP contribution in [-0.4, -0.2) is 13.1 Å². The van der Waals surface area contributed by atoms with Crippen LogP contribution >= 0.6 is 0 Å². The Bertz CT molecular complexity index is 111. The van der Waals surface area contributed by atoms with Gasteiger partial charge in [-0.3, -0.25) is 0 Å². The van der Waals surface area contributed by atoms with E-state index in [0.717, 1.165) is 17.9 Å². The van der Waals surface area contributed by atoms with Crippen LogP contribution in [0.3, 0.4) is 0 Å². The lowest BCUT2D eigenvalue weighted by molar-refractivity contribution is 0.372. The molecule has 9 heavy (non-hydrogen) atoms. The lowest BCUT2D eigenvalue weighted by Crippen LogP contribution is -2.30. The number of hydrogen-bond donors (Lipinski definition) is 1. The summed E-state index contributed by atoms with van der Waals surface area (Å²) in [4.78, 5) is 0. The number of rotatable bonds is 1. The fourth-order valence-electron chi connectivity index (χ4n) is 2.60. The molecule has 52 valence electrons. The second kappa shape index (κ2) is 1.98. The van der Waals surface area contributed by atoms with Crippen molar-refractivity contribution in [2.45, 2.75) is 31.7 Å². The molecule has 0 saturated heterocycles. The topological polar surface area (TPSA) is 12.0 Å².